The van der Waals surface area contributed by atoms with Gasteiger partial charge in [0.2, 0.25) is 5.91 Å². The van der Waals surface area contributed by atoms with E-state index in [1.54, 1.807) is 0 Å². The summed E-state index contributed by atoms with van der Waals surface area (Å²) in [7, 11) is 0. The van der Waals surface area contributed by atoms with Gasteiger partial charge in [-0.3, -0.25) is 9.69 Å². The van der Waals surface area contributed by atoms with Gasteiger partial charge < -0.3 is 10.1 Å². The van der Waals surface area contributed by atoms with E-state index in [1.165, 1.54) is 0 Å². The number of carbonyl (C=O) groups is 1. The fourth-order valence-corrected chi connectivity index (χ4v) is 1.66. The number of ether oxygens (including phenoxy) is 1. The number of nitrogens with zero attached hydrogens (tertiary/aromatic N) is 1. The van der Waals surface area contributed by atoms with Gasteiger partial charge in [0.05, 0.1) is 19.3 Å². The number of hydrogen-bond acceptors (Lipinski definition) is 3. The average Bonchev–Trinajstić information content (AvgIpc) is 2.33. The Morgan fingerprint density at radius 3 is 3.00 bits per heavy atom. The summed E-state index contributed by atoms with van der Waals surface area (Å²) in [5.74, 6) is 6.06. The van der Waals surface area contributed by atoms with Crippen molar-refractivity contribution in [3.63, 3.8) is 0 Å². The van der Waals surface area contributed by atoms with Crippen molar-refractivity contribution in [1.29, 1.82) is 0 Å². The van der Waals surface area contributed by atoms with Crippen molar-refractivity contribution in [2.24, 2.45) is 5.92 Å². The Bertz CT molecular complexity index is 304. The number of carbonyl (C=O) groups excluding carboxylic acids is 1. The Balaban J connectivity index is 2.28. The molecule has 1 fully saturated rings. The maximum absolute atomic E-state index is 11.4. The molecule has 0 aromatic heterocycles. The molecule has 1 N–H and O–H groups in total. The summed E-state index contributed by atoms with van der Waals surface area (Å²) in [6.45, 7) is 9.48. The molecule has 0 radical (unpaired) electrons. The molecule has 4 nitrogen and oxygen atoms in total. The van der Waals surface area contributed by atoms with Crippen LogP contribution in [0.4, 0.5) is 0 Å². The zero-order valence-corrected chi connectivity index (χ0v) is 11.0. The largest absolute Gasteiger partial charge is 0.374 e. The Hall–Kier alpha value is -1.05. The number of amides is 1. The quantitative estimate of drug-likeness (QED) is 0.724. The van der Waals surface area contributed by atoms with Gasteiger partial charge in [-0.2, -0.15) is 0 Å². The van der Waals surface area contributed by atoms with Gasteiger partial charge in [-0.25, -0.2) is 0 Å². The highest BCUT2D eigenvalue weighted by Gasteiger charge is 2.20. The molecular weight excluding hydrogens is 216 g/mol. The third-order valence-corrected chi connectivity index (χ3v) is 2.73. The van der Waals surface area contributed by atoms with Crippen molar-refractivity contribution in [2.45, 2.75) is 26.9 Å². The van der Waals surface area contributed by atoms with E-state index in [9.17, 15) is 4.79 Å². The predicted molar refractivity (Wildman–Crippen MR) is 67.5 cm³/mol. The van der Waals surface area contributed by atoms with Crippen LogP contribution in [0.3, 0.4) is 0 Å². The second-order valence-corrected chi connectivity index (χ2v) is 4.55. The number of hydrogen-bond donors (Lipinski definition) is 1. The molecule has 1 rings (SSSR count). The summed E-state index contributed by atoms with van der Waals surface area (Å²) in [5.41, 5.74) is 0. The van der Waals surface area contributed by atoms with Crippen molar-refractivity contribution in [2.75, 3.05) is 32.8 Å². The molecule has 0 aliphatic carbocycles. The van der Waals surface area contributed by atoms with E-state index in [0.29, 0.717) is 13.2 Å². The van der Waals surface area contributed by atoms with Gasteiger partial charge in [0.15, 0.2) is 0 Å². The van der Waals surface area contributed by atoms with Gasteiger partial charge in [-0.1, -0.05) is 19.8 Å². The Morgan fingerprint density at radius 2 is 2.35 bits per heavy atom. The SMILES string of the molecule is CC#CCN1CCO[C@H](CNC(=O)C(C)C)C1. The summed E-state index contributed by atoms with van der Waals surface area (Å²) in [6.07, 6.45) is 0.0881. The predicted octanol–water partition coefficient (Wildman–Crippen LogP) is 0.483. The van der Waals surface area contributed by atoms with Gasteiger partial charge >= 0.3 is 0 Å². The third-order valence-electron chi connectivity index (χ3n) is 2.73. The van der Waals surface area contributed by atoms with Crippen LogP contribution in [0.2, 0.25) is 0 Å². The van der Waals surface area contributed by atoms with Crippen LogP contribution in [0.15, 0.2) is 0 Å². The van der Waals surface area contributed by atoms with Crippen molar-refractivity contribution in [3.8, 4) is 11.8 Å². The second kappa shape index (κ2) is 7.31. The molecule has 96 valence electrons. The fourth-order valence-electron chi connectivity index (χ4n) is 1.66. The average molecular weight is 238 g/mol. The molecule has 0 saturated carbocycles. The zero-order chi connectivity index (χ0) is 12.7. The molecule has 1 atom stereocenters. The standard InChI is InChI=1S/C13H22N2O2/c1-4-5-6-15-7-8-17-12(10-15)9-14-13(16)11(2)3/h11-12H,6-10H2,1-3H3,(H,14,16)/t12-/m1/s1. The molecule has 0 bridgehead atoms. The Kier molecular flexibility index (Phi) is 6.03. The monoisotopic (exact) mass is 238 g/mol. The van der Waals surface area contributed by atoms with Crippen LogP contribution in [0.1, 0.15) is 20.8 Å². The molecule has 1 amide bonds. The van der Waals surface area contributed by atoms with E-state index in [2.05, 4.69) is 22.1 Å². The summed E-state index contributed by atoms with van der Waals surface area (Å²) in [4.78, 5) is 13.7. The summed E-state index contributed by atoms with van der Waals surface area (Å²) in [6, 6.07) is 0. The van der Waals surface area contributed by atoms with Crippen LogP contribution in [-0.2, 0) is 9.53 Å². The highest BCUT2D eigenvalue weighted by atomic mass is 16.5. The van der Waals surface area contributed by atoms with E-state index in [1.807, 2.05) is 20.8 Å². The maximum atomic E-state index is 11.4. The van der Waals surface area contributed by atoms with Crippen molar-refractivity contribution < 1.29 is 9.53 Å². The number of morpholine rings is 1. The van der Waals surface area contributed by atoms with E-state index in [4.69, 9.17) is 4.74 Å². The van der Waals surface area contributed by atoms with E-state index in [0.717, 1.165) is 19.6 Å². The Morgan fingerprint density at radius 1 is 1.59 bits per heavy atom. The first kappa shape index (κ1) is 14.0. The first-order valence-corrected chi connectivity index (χ1v) is 6.14. The lowest BCUT2D eigenvalue weighted by atomic mass is 10.2. The van der Waals surface area contributed by atoms with Crippen LogP contribution in [0.5, 0.6) is 0 Å². The lowest BCUT2D eigenvalue weighted by molar-refractivity contribution is -0.125. The minimum Gasteiger partial charge on any atom is -0.374 e. The van der Waals surface area contributed by atoms with Crippen LogP contribution in [0.25, 0.3) is 0 Å². The molecule has 17 heavy (non-hydrogen) atoms. The van der Waals surface area contributed by atoms with E-state index < -0.39 is 0 Å². The minimum atomic E-state index is 0.0284. The number of nitrogens with one attached hydrogen (secondary N) is 1. The first-order chi connectivity index (χ1) is 8.13. The third kappa shape index (κ3) is 5.20. The zero-order valence-electron chi connectivity index (χ0n) is 11.0. The van der Waals surface area contributed by atoms with Crippen LogP contribution >= 0.6 is 0 Å². The summed E-state index contributed by atoms with van der Waals surface area (Å²) < 4.78 is 5.61. The van der Waals surface area contributed by atoms with Crippen molar-refractivity contribution >= 4 is 5.91 Å². The van der Waals surface area contributed by atoms with Gasteiger partial charge in [0.1, 0.15) is 0 Å². The van der Waals surface area contributed by atoms with Crippen molar-refractivity contribution in [3.05, 3.63) is 0 Å². The maximum Gasteiger partial charge on any atom is 0.222 e. The molecule has 1 aliphatic rings. The fraction of sp³-hybridized carbons (Fsp3) is 0.769. The van der Waals surface area contributed by atoms with E-state index >= 15 is 0 Å². The van der Waals surface area contributed by atoms with Crippen LogP contribution in [-0.4, -0.2) is 49.7 Å². The molecule has 0 spiro atoms. The molecule has 1 saturated heterocycles. The van der Waals surface area contributed by atoms with Crippen molar-refractivity contribution in [1.82, 2.24) is 10.2 Å². The van der Waals surface area contributed by atoms with Crippen LogP contribution < -0.4 is 5.32 Å². The van der Waals surface area contributed by atoms with Gasteiger partial charge in [-0.05, 0) is 6.92 Å². The van der Waals surface area contributed by atoms with Crippen LogP contribution in [0, 0.1) is 17.8 Å². The van der Waals surface area contributed by atoms with Gasteiger partial charge in [0, 0.05) is 25.6 Å². The summed E-state index contributed by atoms with van der Waals surface area (Å²) in [5, 5.41) is 2.90. The Labute approximate surface area is 104 Å². The molecule has 0 aromatic carbocycles. The number of rotatable bonds is 4. The molecule has 0 unspecified atom stereocenters. The molecule has 4 heteroatoms. The normalized spacial score (nSPS) is 20.8. The molecule has 0 aromatic rings. The topological polar surface area (TPSA) is 41.6 Å². The smallest absolute Gasteiger partial charge is 0.222 e. The summed E-state index contributed by atoms with van der Waals surface area (Å²) >= 11 is 0. The molecular formula is C13H22N2O2. The van der Waals surface area contributed by atoms with Gasteiger partial charge in [0.25, 0.3) is 0 Å². The molecule has 1 aliphatic heterocycles. The molecule has 1 heterocycles. The first-order valence-electron chi connectivity index (χ1n) is 6.14. The second-order valence-electron chi connectivity index (χ2n) is 4.55. The lowest BCUT2D eigenvalue weighted by Crippen LogP contribution is -2.48. The highest BCUT2D eigenvalue weighted by molar-refractivity contribution is 5.77. The lowest BCUT2D eigenvalue weighted by Gasteiger charge is -2.31. The highest BCUT2D eigenvalue weighted by Crippen LogP contribution is 2.04. The van der Waals surface area contributed by atoms with Gasteiger partial charge in [-0.15, -0.1) is 5.92 Å². The minimum absolute atomic E-state index is 0.0284. The van der Waals surface area contributed by atoms with E-state index in [-0.39, 0.29) is 17.9 Å².